The van der Waals surface area contributed by atoms with E-state index in [2.05, 4.69) is 39.0 Å². The summed E-state index contributed by atoms with van der Waals surface area (Å²) in [5, 5.41) is 9.56. The second-order valence-electron chi connectivity index (χ2n) is 13.3. The normalized spacial score (nSPS) is 24.7. The number of nitrogens with zero attached hydrogens (tertiary/aromatic N) is 6. The van der Waals surface area contributed by atoms with Crippen molar-refractivity contribution in [3.63, 3.8) is 0 Å². The van der Waals surface area contributed by atoms with E-state index < -0.39 is 11.8 Å². The lowest BCUT2D eigenvalue weighted by Crippen LogP contribution is -2.39. The van der Waals surface area contributed by atoms with Gasteiger partial charge in [0.1, 0.15) is 0 Å². The summed E-state index contributed by atoms with van der Waals surface area (Å²) < 4.78 is 39.7. The molecule has 0 saturated heterocycles. The average molecular weight is 629 g/mol. The highest BCUT2D eigenvalue weighted by molar-refractivity contribution is 5.74. The van der Waals surface area contributed by atoms with Crippen molar-refractivity contribution in [2.24, 2.45) is 7.05 Å². The van der Waals surface area contributed by atoms with Gasteiger partial charge in [-0.3, -0.25) is 14.2 Å². The molecule has 8 nitrogen and oxygen atoms in total. The van der Waals surface area contributed by atoms with Crippen LogP contribution in [0.15, 0.2) is 77.8 Å². The number of carbonyl (C=O) groups excluding carboxylic acids is 1. The summed E-state index contributed by atoms with van der Waals surface area (Å²) in [6.07, 6.45) is 11.8. The Bertz CT molecular complexity index is 1710. The van der Waals surface area contributed by atoms with Crippen LogP contribution in [0.1, 0.15) is 74.4 Å². The monoisotopic (exact) mass is 628 g/mol. The fourth-order valence-electron chi connectivity index (χ4n) is 7.67. The number of amides is 1. The van der Waals surface area contributed by atoms with Crippen LogP contribution in [0.3, 0.4) is 0 Å². The second-order valence-corrected chi connectivity index (χ2v) is 13.3. The number of hydrogen-bond donors (Lipinski definition) is 0. The Kier molecular flexibility index (Phi) is 8.17. The van der Waals surface area contributed by atoms with Crippen molar-refractivity contribution in [2.75, 3.05) is 18.0 Å². The van der Waals surface area contributed by atoms with Gasteiger partial charge in [0.15, 0.2) is 5.82 Å². The summed E-state index contributed by atoms with van der Waals surface area (Å²) >= 11 is 0. The number of rotatable bonds is 7. The van der Waals surface area contributed by atoms with Crippen LogP contribution in [-0.2, 0) is 41.6 Å². The van der Waals surface area contributed by atoms with E-state index in [-0.39, 0.29) is 23.6 Å². The van der Waals surface area contributed by atoms with E-state index in [1.165, 1.54) is 5.57 Å². The minimum Gasteiger partial charge on any atom is -0.369 e. The number of aryl methyl sites for hydroxylation is 1. The van der Waals surface area contributed by atoms with Gasteiger partial charge in [0, 0.05) is 73.2 Å². The highest BCUT2D eigenvalue weighted by atomic mass is 19.3. The lowest BCUT2D eigenvalue weighted by molar-refractivity contribution is -0.129. The molecule has 4 aliphatic rings. The van der Waals surface area contributed by atoms with E-state index in [0.717, 1.165) is 59.6 Å². The Morgan fingerprint density at radius 1 is 1.13 bits per heavy atom. The third kappa shape index (κ3) is 5.61. The van der Waals surface area contributed by atoms with Gasteiger partial charge in [-0.25, -0.2) is 8.78 Å². The summed E-state index contributed by atoms with van der Waals surface area (Å²) in [6, 6.07) is 10.3. The van der Waals surface area contributed by atoms with Crippen LogP contribution in [0.2, 0.25) is 0 Å². The Balaban J connectivity index is 1.22. The van der Waals surface area contributed by atoms with Crippen LogP contribution in [-0.4, -0.2) is 56.0 Å². The summed E-state index contributed by atoms with van der Waals surface area (Å²) in [6.45, 7) is 5.89. The van der Waals surface area contributed by atoms with E-state index in [9.17, 15) is 13.6 Å². The predicted molar refractivity (Wildman–Crippen MR) is 172 cm³/mol. The molecule has 0 radical (unpaired) electrons. The maximum absolute atomic E-state index is 14.8. The Morgan fingerprint density at radius 3 is 2.65 bits per heavy atom. The Hall–Kier alpha value is -4.05. The van der Waals surface area contributed by atoms with E-state index in [1.807, 2.05) is 43.3 Å². The molecule has 0 fully saturated rings. The zero-order valence-corrected chi connectivity index (χ0v) is 26.8. The minimum absolute atomic E-state index is 0.0312. The summed E-state index contributed by atoms with van der Waals surface area (Å²) in [5.74, 6) is 0.822. The molecule has 2 aliphatic carbocycles. The average Bonchev–Trinajstić information content (AvgIpc) is 3.67. The van der Waals surface area contributed by atoms with Crippen LogP contribution in [0.4, 0.5) is 14.6 Å². The van der Waals surface area contributed by atoms with Crippen molar-refractivity contribution in [3.05, 3.63) is 100 Å². The number of allylic oxidation sites excluding steroid dienone is 4. The smallest absolute Gasteiger partial charge is 0.261 e. The van der Waals surface area contributed by atoms with Crippen molar-refractivity contribution in [1.82, 2.24) is 24.5 Å². The van der Waals surface area contributed by atoms with Gasteiger partial charge in [0.05, 0.1) is 31.5 Å². The molecule has 46 heavy (non-hydrogen) atoms. The number of halogens is 2. The second kappa shape index (κ2) is 12.3. The first-order valence-corrected chi connectivity index (χ1v) is 16.4. The Labute approximate surface area is 269 Å². The third-order valence-electron chi connectivity index (χ3n) is 10.3. The van der Waals surface area contributed by atoms with Gasteiger partial charge in [0.25, 0.3) is 6.43 Å². The molecule has 3 atom stereocenters. The fraction of sp³-hybridized carbons (Fsp3) is 0.472. The molecule has 7 rings (SSSR count). The molecule has 2 aliphatic heterocycles. The van der Waals surface area contributed by atoms with Gasteiger partial charge >= 0.3 is 0 Å². The molecule has 0 spiro atoms. The topological polar surface area (TPSA) is 68.4 Å². The van der Waals surface area contributed by atoms with Crippen LogP contribution in [0.25, 0.3) is 0 Å². The van der Waals surface area contributed by atoms with Gasteiger partial charge in [-0.1, -0.05) is 49.4 Å². The van der Waals surface area contributed by atoms with Crippen LogP contribution < -0.4 is 4.90 Å². The van der Waals surface area contributed by atoms with Crippen LogP contribution in [0.5, 0.6) is 0 Å². The number of alkyl halides is 2. The van der Waals surface area contributed by atoms with Crippen LogP contribution >= 0.6 is 0 Å². The number of anilines is 1. The molecule has 1 aromatic carbocycles. The van der Waals surface area contributed by atoms with Gasteiger partial charge in [-0.05, 0) is 49.3 Å². The first-order chi connectivity index (χ1) is 22.2. The predicted octanol–water partition coefficient (Wildman–Crippen LogP) is 6.41. The van der Waals surface area contributed by atoms with Crippen molar-refractivity contribution in [2.45, 2.75) is 89.5 Å². The van der Waals surface area contributed by atoms with Crippen LogP contribution in [0, 0.1) is 0 Å². The van der Waals surface area contributed by atoms with Gasteiger partial charge in [-0.15, -0.1) is 0 Å². The zero-order chi connectivity index (χ0) is 32.0. The standard InChI is InChI=1S/C36H42F2N6O2/c1-24(45)42-17-15-32-30(22-42)35(40-44(32)28-11-13-29(14-12-28)46-23-25-8-5-4-6-9-25)43-16-7-10-26-19-36(2,27-20-39-41(3)21-27)31(34(37)38)18-33(26)43/h4-6,8-9,11,13,18,20-21,28-29,34H,7,10,12,14-17,19,22-23H2,1-3H3. The number of benzene rings is 1. The first kappa shape index (κ1) is 30.6. The molecule has 0 bridgehead atoms. The largest absolute Gasteiger partial charge is 0.369 e. The summed E-state index contributed by atoms with van der Waals surface area (Å²) in [5.41, 5.74) is 5.40. The maximum atomic E-state index is 14.8. The first-order valence-electron chi connectivity index (χ1n) is 16.4. The maximum Gasteiger partial charge on any atom is 0.261 e. The molecule has 3 aromatic rings. The quantitative estimate of drug-likeness (QED) is 0.283. The zero-order valence-electron chi connectivity index (χ0n) is 26.8. The van der Waals surface area contributed by atoms with E-state index in [1.54, 1.807) is 23.9 Å². The van der Waals surface area contributed by atoms with Crippen molar-refractivity contribution in [3.8, 4) is 0 Å². The van der Waals surface area contributed by atoms with Gasteiger partial charge in [-0.2, -0.15) is 10.2 Å². The molecule has 0 saturated carbocycles. The van der Waals surface area contributed by atoms with Crippen molar-refractivity contribution < 1.29 is 18.3 Å². The number of aromatic nitrogens is 4. The van der Waals surface area contributed by atoms with Crippen molar-refractivity contribution >= 4 is 11.7 Å². The third-order valence-corrected chi connectivity index (χ3v) is 10.3. The minimum atomic E-state index is -2.60. The molecule has 1 amide bonds. The van der Waals surface area contributed by atoms with Gasteiger partial charge < -0.3 is 14.5 Å². The van der Waals surface area contributed by atoms with E-state index >= 15 is 0 Å². The molecule has 10 heteroatoms. The highest BCUT2D eigenvalue weighted by Crippen LogP contribution is 2.49. The molecular formula is C36H42F2N6O2. The number of fused-ring (bicyclic) bond motifs is 1. The molecular weight excluding hydrogens is 586 g/mol. The number of ether oxygens (including phenoxy) is 1. The molecule has 0 N–H and O–H groups in total. The van der Waals surface area contributed by atoms with E-state index in [4.69, 9.17) is 9.84 Å². The number of hydrogen-bond acceptors (Lipinski definition) is 5. The summed E-state index contributed by atoms with van der Waals surface area (Å²) in [4.78, 5) is 16.5. The molecule has 2 aromatic heterocycles. The molecule has 242 valence electrons. The van der Waals surface area contributed by atoms with Crippen molar-refractivity contribution in [1.29, 1.82) is 0 Å². The molecule has 4 heterocycles. The SMILES string of the molecule is CC(=O)N1CCc2c(c(N3CCCC4=C3C=C(C(F)F)C(C)(c3cnn(C)c3)C4)nn2C2C=CC(OCc3ccccc3)CC2)C1. The fourth-order valence-corrected chi connectivity index (χ4v) is 7.67. The lowest BCUT2D eigenvalue weighted by Gasteiger charge is -2.42. The molecule has 3 unspecified atom stereocenters. The lowest BCUT2D eigenvalue weighted by atomic mass is 9.68. The number of carbonyl (C=O) groups is 1. The summed E-state index contributed by atoms with van der Waals surface area (Å²) in [7, 11) is 1.82. The Morgan fingerprint density at radius 2 is 1.96 bits per heavy atom. The van der Waals surface area contributed by atoms with Gasteiger partial charge in [0.2, 0.25) is 5.91 Å². The van der Waals surface area contributed by atoms with E-state index in [0.29, 0.717) is 39.1 Å². The highest BCUT2D eigenvalue weighted by Gasteiger charge is 2.43.